The summed E-state index contributed by atoms with van der Waals surface area (Å²) in [6.07, 6.45) is 12.0. The number of para-hydroxylation sites is 2. The monoisotopic (exact) mass is 459 g/mol. The smallest absolute Gasteiger partial charge is 0.261 e. The van der Waals surface area contributed by atoms with Gasteiger partial charge in [0.25, 0.3) is 5.56 Å². The van der Waals surface area contributed by atoms with Crippen molar-refractivity contribution in [2.24, 2.45) is 0 Å². The molecule has 0 amide bonds. The Morgan fingerprint density at radius 3 is 2.34 bits per heavy atom. The standard InChI is InChI=1S/C31H29N3O/c35-31-27-16-7-9-17-28(27)32-30(34(31)25-13-5-2-6-14-25)20-19-24-22-33(21-23-11-3-1-4-12-23)29-18-10-8-15-26(24)29/h1,3-4,7-12,15-20,22,25H,2,5-6,13-14,21H2. The largest absolute Gasteiger partial charge is 0.342 e. The molecule has 2 aromatic heterocycles. The van der Waals surface area contributed by atoms with Gasteiger partial charge in [0.05, 0.1) is 10.9 Å². The molecule has 2 heterocycles. The summed E-state index contributed by atoms with van der Waals surface area (Å²) < 4.78 is 4.26. The van der Waals surface area contributed by atoms with Crippen LogP contribution in [0.1, 0.15) is 55.1 Å². The van der Waals surface area contributed by atoms with E-state index in [1.165, 1.54) is 35.7 Å². The molecule has 0 unspecified atom stereocenters. The summed E-state index contributed by atoms with van der Waals surface area (Å²) in [6, 6.07) is 27.0. The first-order valence-corrected chi connectivity index (χ1v) is 12.6. The van der Waals surface area contributed by atoms with Crippen molar-refractivity contribution in [1.29, 1.82) is 0 Å². The molecule has 0 spiro atoms. The summed E-state index contributed by atoms with van der Waals surface area (Å²) in [4.78, 5) is 18.5. The first kappa shape index (κ1) is 21.6. The Morgan fingerprint density at radius 2 is 1.51 bits per heavy atom. The van der Waals surface area contributed by atoms with E-state index in [0.717, 1.165) is 36.3 Å². The van der Waals surface area contributed by atoms with Crippen molar-refractivity contribution in [2.75, 3.05) is 0 Å². The highest BCUT2D eigenvalue weighted by Crippen LogP contribution is 2.29. The van der Waals surface area contributed by atoms with Crippen LogP contribution in [-0.2, 0) is 6.54 Å². The fraction of sp³-hybridized carbons (Fsp3) is 0.226. The molecule has 0 N–H and O–H groups in total. The number of hydrogen-bond donors (Lipinski definition) is 0. The van der Waals surface area contributed by atoms with Crippen LogP contribution in [0, 0.1) is 0 Å². The Morgan fingerprint density at radius 1 is 0.800 bits per heavy atom. The molecular weight excluding hydrogens is 430 g/mol. The van der Waals surface area contributed by atoms with Crippen molar-refractivity contribution in [3.05, 3.63) is 112 Å². The van der Waals surface area contributed by atoms with Crippen LogP contribution in [0.4, 0.5) is 0 Å². The first-order chi connectivity index (χ1) is 17.3. The lowest BCUT2D eigenvalue weighted by molar-refractivity contribution is 0.343. The molecule has 1 aliphatic carbocycles. The maximum Gasteiger partial charge on any atom is 0.261 e. The summed E-state index contributed by atoms with van der Waals surface area (Å²) in [5.41, 5.74) is 4.44. The average molecular weight is 460 g/mol. The Hall–Kier alpha value is -3.92. The minimum Gasteiger partial charge on any atom is -0.342 e. The molecule has 6 rings (SSSR count). The van der Waals surface area contributed by atoms with Crippen molar-refractivity contribution in [1.82, 2.24) is 14.1 Å². The van der Waals surface area contributed by atoms with E-state index in [9.17, 15) is 4.79 Å². The van der Waals surface area contributed by atoms with Gasteiger partial charge in [0.15, 0.2) is 0 Å². The highest BCUT2D eigenvalue weighted by atomic mass is 16.1. The molecule has 1 aliphatic rings. The molecule has 4 nitrogen and oxygen atoms in total. The summed E-state index contributed by atoms with van der Waals surface area (Å²) in [5.74, 6) is 0.750. The highest BCUT2D eigenvalue weighted by Gasteiger charge is 2.20. The van der Waals surface area contributed by atoms with Crippen molar-refractivity contribution in [2.45, 2.75) is 44.7 Å². The van der Waals surface area contributed by atoms with E-state index in [0.29, 0.717) is 5.39 Å². The maximum absolute atomic E-state index is 13.6. The topological polar surface area (TPSA) is 39.8 Å². The third-order valence-corrected chi connectivity index (χ3v) is 7.20. The molecule has 3 aromatic carbocycles. The van der Waals surface area contributed by atoms with Crippen LogP contribution in [0.15, 0.2) is 89.9 Å². The Balaban J connectivity index is 1.45. The quantitative estimate of drug-likeness (QED) is 0.282. The molecule has 1 saturated carbocycles. The fourth-order valence-corrected chi connectivity index (χ4v) is 5.46. The first-order valence-electron chi connectivity index (χ1n) is 12.6. The molecule has 5 aromatic rings. The maximum atomic E-state index is 13.6. The van der Waals surface area contributed by atoms with Crippen LogP contribution in [0.2, 0.25) is 0 Å². The lowest BCUT2D eigenvalue weighted by Gasteiger charge is -2.25. The second-order valence-electron chi connectivity index (χ2n) is 9.50. The van der Waals surface area contributed by atoms with E-state index in [2.05, 4.69) is 65.4 Å². The Kier molecular flexibility index (Phi) is 5.79. The lowest BCUT2D eigenvalue weighted by Crippen LogP contribution is -2.29. The Labute approximate surface area is 205 Å². The van der Waals surface area contributed by atoms with Crippen molar-refractivity contribution >= 4 is 34.0 Å². The molecular formula is C31H29N3O. The number of rotatable bonds is 5. The average Bonchev–Trinajstić information content (AvgIpc) is 3.26. The third kappa shape index (κ3) is 4.21. The van der Waals surface area contributed by atoms with E-state index in [4.69, 9.17) is 4.98 Å². The van der Waals surface area contributed by atoms with E-state index in [1.807, 2.05) is 41.0 Å². The van der Waals surface area contributed by atoms with Gasteiger partial charge in [-0.05, 0) is 48.8 Å². The number of aromatic nitrogens is 3. The van der Waals surface area contributed by atoms with Gasteiger partial charge in [0.2, 0.25) is 0 Å². The third-order valence-electron chi connectivity index (χ3n) is 7.20. The number of hydrogen-bond acceptors (Lipinski definition) is 2. The van der Waals surface area contributed by atoms with Crippen molar-refractivity contribution in [3.63, 3.8) is 0 Å². The van der Waals surface area contributed by atoms with Gasteiger partial charge in [-0.1, -0.05) is 79.9 Å². The normalized spacial score (nSPS) is 14.9. The molecule has 174 valence electrons. The second kappa shape index (κ2) is 9.38. The van der Waals surface area contributed by atoms with Crippen LogP contribution < -0.4 is 5.56 Å². The van der Waals surface area contributed by atoms with Gasteiger partial charge in [-0.2, -0.15) is 0 Å². The van der Waals surface area contributed by atoms with E-state index in [1.54, 1.807) is 0 Å². The van der Waals surface area contributed by atoms with Gasteiger partial charge in [0, 0.05) is 35.2 Å². The van der Waals surface area contributed by atoms with Crippen LogP contribution in [-0.4, -0.2) is 14.1 Å². The summed E-state index contributed by atoms with van der Waals surface area (Å²) >= 11 is 0. The predicted octanol–water partition coefficient (Wildman–Crippen LogP) is 7.08. The zero-order chi connectivity index (χ0) is 23.6. The lowest BCUT2D eigenvalue weighted by atomic mass is 9.95. The molecule has 4 heteroatoms. The van der Waals surface area contributed by atoms with E-state index >= 15 is 0 Å². The summed E-state index contributed by atoms with van der Waals surface area (Å²) in [5, 5.41) is 1.90. The van der Waals surface area contributed by atoms with Gasteiger partial charge in [0.1, 0.15) is 5.82 Å². The fourth-order valence-electron chi connectivity index (χ4n) is 5.46. The molecule has 0 bridgehead atoms. The van der Waals surface area contributed by atoms with Gasteiger partial charge in [-0.3, -0.25) is 9.36 Å². The van der Waals surface area contributed by atoms with E-state index < -0.39 is 0 Å². The minimum atomic E-state index is 0.0775. The van der Waals surface area contributed by atoms with Crippen LogP contribution in [0.25, 0.3) is 34.0 Å². The summed E-state index contributed by atoms with van der Waals surface area (Å²) in [6.45, 7) is 0.816. The van der Waals surface area contributed by atoms with Crippen LogP contribution >= 0.6 is 0 Å². The molecule has 0 atom stereocenters. The Bertz CT molecular complexity index is 1570. The zero-order valence-corrected chi connectivity index (χ0v) is 19.8. The highest BCUT2D eigenvalue weighted by molar-refractivity contribution is 5.92. The van der Waals surface area contributed by atoms with E-state index in [-0.39, 0.29) is 11.6 Å². The predicted molar refractivity (Wildman–Crippen MR) is 145 cm³/mol. The minimum absolute atomic E-state index is 0.0775. The summed E-state index contributed by atoms with van der Waals surface area (Å²) in [7, 11) is 0. The number of benzene rings is 3. The molecule has 35 heavy (non-hydrogen) atoms. The molecule has 1 fully saturated rings. The second-order valence-corrected chi connectivity index (χ2v) is 9.50. The molecule has 0 saturated heterocycles. The van der Waals surface area contributed by atoms with Gasteiger partial charge >= 0.3 is 0 Å². The van der Waals surface area contributed by atoms with Crippen molar-refractivity contribution in [3.8, 4) is 0 Å². The van der Waals surface area contributed by atoms with Crippen molar-refractivity contribution < 1.29 is 0 Å². The zero-order valence-electron chi connectivity index (χ0n) is 19.8. The van der Waals surface area contributed by atoms with Crippen LogP contribution in [0.5, 0.6) is 0 Å². The number of fused-ring (bicyclic) bond motifs is 2. The van der Waals surface area contributed by atoms with Gasteiger partial charge in [-0.15, -0.1) is 0 Å². The molecule has 0 aliphatic heterocycles. The SMILES string of the molecule is O=c1c2ccccc2nc(C=Cc2cn(Cc3ccccc3)c3ccccc23)n1C1CCCCC1. The molecule has 0 radical (unpaired) electrons. The number of nitrogens with zero attached hydrogens (tertiary/aromatic N) is 3. The van der Waals surface area contributed by atoms with Gasteiger partial charge in [-0.25, -0.2) is 4.98 Å². The van der Waals surface area contributed by atoms with Gasteiger partial charge < -0.3 is 4.57 Å². The van der Waals surface area contributed by atoms with Crippen LogP contribution in [0.3, 0.4) is 0 Å².